The Kier molecular flexibility index (Phi) is 6.58. The molecule has 3 aliphatic rings. The van der Waals surface area contributed by atoms with Crippen molar-refractivity contribution in [1.82, 2.24) is 4.90 Å². The highest BCUT2D eigenvalue weighted by molar-refractivity contribution is 8.26. The number of rotatable bonds is 6. The molecule has 0 saturated carbocycles. The zero-order valence-electron chi connectivity index (χ0n) is 16.9. The number of allylic oxidation sites excluding steroid dienone is 1. The maximum Gasteiger partial charge on any atom is 0.303 e. The van der Waals surface area contributed by atoms with Crippen LogP contribution in [0.25, 0.3) is 6.08 Å². The van der Waals surface area contributed by atoms with Crippen LogP contribution in [0.1, 0.15) is 44.1 Å². The summed E-state index contributed by atoms with van der Waals surface area (Å²) in [6.45, 7) is 2.47. The topological polar surface area (TPSA) is 60.9 Å². The molecule has 4 rings (SSSR count). The van der Waals surface area contributed by atoms with Crippen molar-refractivity contribution < 1.29 is 14.7 Å². The number of benzene rings is 1. The third-order valence-corrected chi connectivity index (χ3v) is 7.39. The number of aliphatic carboxylic acids is 1. The molecule has 2 heterocycles. The number of anilines is 1. The van der Waals surface area contributed by atoms with Crippen LogP contribution in [0.5, 0.6) is 0 Å². The van der Waals surface area contributed by atoms with E-state index in [1.165, 1.54) is 48.0 Å². The molecule has 1 aromatic rings. The molecule has 0 bridgehead atoms. The van der Waals surface area contributed by atoms with Gasteiger partial charge in [0.1, 0.15) is 4.32 Å². The van der Waals surface area contributed by atoms with Crippen LogP contribution < -0.4 is 4.90 Å². The lowest BCUT2D eigenvalue weighted by Gasteiger charge is -2.37. The number of nitrogens with zero attached hydrogens (tertiary/aromatic N) is 2. The van der Waals surface area contributed by atoms with Gasteiger partial charge in [-0.1, -0.05) is 47.8 Å². The Bertz CT molecular complexity index is 908. The van der Waals surface area contributed by atoms with E-state index in [2.05, 4.69) is 23.1 Å². The summed E-state index contributed by atoms with van der Waals surface area (Å²) in [5.74, 6) is -0.211. The highest BCUT2D eigenvalue weighted by Gasteiger charge is 2.31. The molecule has 0 radical (unpaired) electrons. The van der Waals surface area contributed by atoms with Gasteiger partial charge in [-0.3, -0.25) is 14.5 Å². The highest BCUT2D eigenvalue weighted by Crippen LogP contribution is 2.35. The average molecular weight is 443 g/mol. The molecule has 0 aromatic heterocycles. The van der Waals surface area contributed by atoms with Crippen LogP contribution in [0.15, 0.2) is 40.8 Å². The van der Waals surface area contributed by atoms with Gasteiger partial charge in [-0.25, -0.2) is 0 Å². The third kappa shape index (κ3) is 4.78. The molecule has 2 aliphatic heterocycles. The van der Waals surface area contributed by atoms with Gasteiger partial charge in [-0.15, -0.1) is 0 Å². The van der Waals surface area contributed by atoms with Gasteiger partial charge in [0.05, 0.1) is 4.91 Å². The van der Waals surface area contributed by atoms with Gasteiger partial charge in [0, 0.05) is 31.7 Å². The Morgan fingerprint density at radius 1 is 1.27 bits per heavy atom. The summed E-state index contributed by atoms with van der Waals surface area (Å²) in [5, 5.41) is 8.78. The van der Waals surface area contributed by atoms with E-state index in [1.807, 2.05) is 18.2 Å². The SMILES string of the molecule is O=C(O)CCCN1C(=O)C(=Cc2ccc(N3CCC4CCCC=C4C3)cc2)SC1=S. The summed E-state index contributed by atoms with van der Waals surface area (Å²) >= 11 is 6.59. The van der Waals surface area contributed by atoms with Gasteiger partial charge in [0.15, 0.2) is 0 Å². The van der Waals surface area contributed by atoms with Crippen molar-refractivity contribution in [2.24, 2.45) is 5.92 Å². The van der Waals surface area contributed by atoms with Crippen LogP contribution >= 0.6 is 24.0 Å². The first-order valence-corrected chi connectivity index (χ1v) is 11.7. The number of thioether (sulfide) groups is 1. The first kappa shape index (κ1) is 21.1. The Balaban J connectivity index is 1.40. The smallest absolute Gasteiger partial charge is 0.303 e. The van der Waals surface area contributed by atoms with Crippen molar-refractivity contribution >= 4 is 51.9 Å². The van der Waals surface area contributed by atoms with E-state index in [9.17, 15) is 9.59 Å². The number of carbonyl (C=O) groups is 2. The number of thiocarbonyl (C=S) groups is 1. The summed E-state index contributed by atoms with van der Waals surface area (Å²) in [5.41, 5.74) is 3.79. The number of hydrogen-bond donors (Lipinski definition) is 1. The summed E-state index contributed by atoms with van der Waals surface area (Å²) in [6, 6.07) is 8.35. The summed E-state index contributed by atoms with van der Waals surface area (Å²) in [4.78, 5) is 27.9. The Morgan fingerprint density at radius 3 is 2.83 bits per heavy atom. The monoisotopic (exact) mass is 442 g/mol. The Morgan fingerprint density at radius 2 is 2.07 bits per heavy atom. The predicted molar refractivity (Wildman–Crippen MR) is 125 cm³/mol. The zero-order valence-corrected chi connectivity index (χ0v) is 18.5. The van der Waals surface area contributed by atoms with Crippen LogP contribution in [0.2, 0.25) is 0 Å². The van der Waals surface area contributed by atoms with Crippen LogP contribution in [-0.4, -0.2) is 45.8 Å². The second kappa shape index (κ2) is 9.35. The van der Waals surface area contributed by atoms with E-state index in [1.54, 1.807) is 5.57 Å². The van der Waals surface area contributed by atoms with Crippen molar-refractivity contribution in [1.29, 1.82) is 0 Å². The number of piperidine rings is 1. The lowest BCUT2D eigenvalue weighted by molar-refractivity contribution is -0.137. The van der Waals surface area contributed by atoms with E-state index in [0.717, 1.165) is 24.6 Å². The minimum absolute atomic E-state index is 0.0335. The molecule has 2 fully saturated rings. The second-order valence-corrected chi connectivity index (χ2v) is 9.72. The number of hydrogen-bond acceptors (Lipinski definition) is 5. The zero-order chi connectivity index (χ0) is 21.1. The van der Waals surface area contributed by atoms with E-state index in [4.69, 9.17) is 17.3 Å². The van der Waals surface area contributed by atoms with Gasteiger partial charge >= 0.3 is 5.97 Å². The van der Waals surface area contributed by atoms with Gasteiger partial charge < -0.3 is 10.0 Å². The van der Waals surface area contributed by atoms with Gasteiger partial charge in [0.2, 0.25) is 0 Å². The number of fused-ring (bicyclic) bond motifs is 1. The van der Waals surface area contributed by atoms with Gasteiger partial charge in [-0.2, -0.15) is 0 Å². The van der Waals surface area contributed by atoms with E-state index in [0.29, 0.717) is 22.2 Å². The van der Waals surface area contributed by atoms with Gasteiger partial charge in [-0.05, 0) is 61.8 Å². The maximum atomic E-state index is 12.6. The quantitative estimate of drug-likeness (QED) is 0.392. The normalized spacial score (nSPS) is 23.0. The van der Waals surface area contributed by atoms with E-state index >= 15 is 0 Å². The molecule has 2 saturated heterocycles. The molecule has 1 unspecified atom stereocenters. The Labute approximate surface area is 186 Å². The summed E-state index contributed by atoms with van der Waals surface area (Å²) in [7, 11) is 0. The van der Waals surface area contributed by atoms with Crippen LogP contribution in [0.3, 0.4) is 0 Å². The molecule has 158 valence electrons. The molecular formula is C23H26N2O3S2. The first-order chi connectivity index (χ1) is 14.5. The summed E-state index contributed by atoms with van der Waals surface area (Å²) < 4.78 is 0.497. The summed E-state index contributed by atoms with van der Waals surface area (Å²) in [6.07, 6.45) is 9.86. The number of carbonyl (C=O) groups excluding carboxylic acids is 1. The minimum atomic E-state index is -0.861. The van der Waals surface area contributed by atoms with Crippen LogP contribution in [0.4, 0.5) is 5.69 Å². The predicted octanol–water partition coefficient (Wildman–Crippen LogP) is 4.69. The van der Waals surface area contributed by atoms with Crippen LogP contribution in [0, 0.1) is 5.92 Å². The molecule has 0 spiro atoms. The van der Waals surface area contributed by atoms with Crippen molar-refractivity contribution in [2.45, 2.75) is 38.5 Å². The molecule has 5 nitrogen and oxygen atoms in total. The number of carboxylic acid groups (broad SMARTS) is 1. The second-order valence-electron chi connectivity index (χ2n) is 8.04. The largest absolute Gasteiger partial charge is 0.481 e. The third-order valence-electron chi connectivity index (χ3n) is 6.01. The van der Waals surface area contributed by atoms with E-state index < -0.39 is 5.97 Å². The molecular weight excluding hydrogens is 416 g/mol. The van der Waals surface area contributed by atoms with E-state index in [-0.39, 0.29) is 12.3 Å². The fourth-order valence-corrected chi connectivity index (χ4v) is 5.68. The van der Waals surface area contributed by atoms with Crippen molar-refractivity contribution in [3.05, 3.63) is 46.4 Å². The lowest BCUT2D eigenvalue weighted by Crippen LogP contribution is -2.36. The maximum absolute atomic E-state index is 12.6. The van der Waals surface area contributed by atoms with Crippen molar-refractivity contribution in [3.63, 3.8) is 0 Å². The molecule has 7 heteroatoms. The average Bonchev–Trinajstić information content (AvgIpc) is 3.01. The highest BCUT2D eigenvalue weighted by atomic mass is 32.2. The van der Waals surface area contributed by atoms with Crippen LogP contribution in [-0.2, 0) is 9.59 Å². The Hall–Kier alpha value is -2.12. The minimum Gasteiger partial charge on any atom is -0.481 e. The molecule has 1 amide bonds. The lowest BCUT2D eigenvalue weighted by atomic mass is 9.82. The van der Waals surface area contributed by atoms with Gasteiger partial charge in [0.25, 0.3) is 5.91 Å². The van der Waals surface area contributed by atoms with Crippen molar-refractivity contribution in [2.75, 3.05) is 24.5 Å². The fourth-order valence-electron chi connectivity index (χ4n) is 4.37. The molecule has 30 heavy (non-hydrogen) atoms. The molecule has 1 aliphatic carbocycles. The first-order valence-electron chi connectivity index (χ1n) is 10.5. The standard InChI is InChI=1S/C23H26N2O3S2/c26-21(27)6-3-12-25-22(28)20(30-23(25)29)14-16-7-9-19(10-8-16)24-13-11-17-4-1-2-5-18(17)15-24/h5,7-10,14,17H,1-4,6,11-13,15H2,(H,26,27). The molecule has 1 N–H and O–H groups in total. The number of carboxylic acids is 1. The molecule has 1 aromatic carbocycles. The van der Waals surface area contributed by atoms with Crippen molar-refractivity contribution in [3.8, 4) is 0 Å². The number of amides is 1. The molecule has 1 atom stereocenters. The fraction of sp³-hybridized carbons (Fsp3) is 0.435.